The first-order valence-corrected chi connectivity index (χ1v) is 7.10. The molecule has 0 fully saturated rings. The molecule has 9 heteroatoms. The Kier molecular flexibility index (Phi) is 3.72. The average Bonchev–Trinajstić information content (AvgIpc) is 3.07. The van der Waals surface area contributed by atoms with Crippen molar-refractivity contribution < 1.29 is 9.45 Å². The minimum absolute atomic E-state index is 0.158. The molecule has 1 aromatic carbocycles. The first-order chi connectivity index (χ1) is 10.5. The molecule has 0 aliphatic heterocycles. The molecule has 3 rings (SSSR count). The lowest BCUT2D eigenvalue weighted by molar-refractivity contribution is -0.390. The number of nitrogens with zero attached hydrogens (tertiary/aromatic N) is 5. The van der Waals surface area contributed by atoms with Crippen molar-refractivity contribution in [3.8, 4) is 11.4 Å². The summed E-state index contributed by atoms with van der Waals surface area (Å²) in [5.74, 6) is 0.551. The van der Waals surface area contributed by atoms with Crippen LogP contribution in [-0.2, 0) is 6.54 Å². The lowest BCUT2D eigenvalue weighted by Gasteiger charge is -1.97. The molecule has 0 saturated heterocycles. The molecule has 8 nitrogen and oxygen atoms in total. The van der Waals surface area contributed by atoms with Crippen LogP contribution in [0.2, 0.25) is 0 Å². The third kappa shape index (κ3) is 2.75. The van der Waals surface area contributed by atoms with E-state index in [0.29, 0.717) is 16.2 Å². The second-order valence-corrected chi connectivity index (χ2v) is 5.44. The molecule has 0 unspecified atom stereocenters. The Morgan fingerprint density at radius 1 is 1.41 bits per heavy atom. The highest BCUT2D eigenvalue weighted by Gasteiger charge is 2.20. The summed E-state index contributed by atoms with van der Waals surface area (Å²) in [7, 11) is 0. The smallest absolute Gasteiger partial charge is 0.358 e. The van der Waals surface area contributed by atoms with Crippen molar-refractivity contribution in [1.82, 2.24) is 19.9 Å². The van der Waals surface area contributed by atoms with E-state index in [4.69, 9.17) is 4.52 Å². The van der Waals surface area contributed by atoms with Gasteiger partial charge in [0, 0.05) is 5.56 Å². The van der Waals surface area contributed by atoms with Gasteiger partial charge in [-0.3, -0.25) is 0 Å². The van der Waals surface area contributed by atoms with Crippen LogP contribution in [0.15, 0.2) is 39.5 Å². The average molecular weight is 364 g/mol. The molecule has 2 aromatic heterocycles. The normalized spacial score (nSPS) is 10.8. The molecule has 3 aromatic rings. The van der Waals surface area contributed by atoms with Crippen LogP contribution in [0, 0.1) is 17.0 Å². The predicted molar refractivity (Wildman–Crippen MR) is 80.2 cm³/mol. The second kappa shape index (κ2) is 5.68. The Balaban J connectivity index is 1.85. The first-order valence-electron chi connectivity index (χ1n) is 6.30. The van der Waals surface area contributed by atoms with Crippen molar-refractivity contribution in [1.29, 1.82) is 0 Å². The minimum Gasteiger partial charge on any atom is -0.358 e. The molecular weight excluding hydrogens is 354 g/mol. The van der Waals surface area contributed by atoms with Crippen molar-refractivity contribution in [2.75, 3.05) is 0 Å². The Morgan fingerprint density at radius 3 is 2.86 bits per heavy atom. The van der Waals surface area contributed by atoms with Crippen molar-refractivity contribution in [3.05, 3.63) is 56.5 Å². The fourth-order valence-electron chi connectivity index (χ4n) is 1.98. The minimum atomic E-state index is -0.562. The lowest BCUT2D eigenvalue weighted by atomic mass is 10.1. The highest BCUT2D eigenvalue weighted by Crippen LogP contribution is 2.23. The Labute approximate surface area is 133 Å². The van der Waals surface area contributed by atoms with Gasteiger partial charge in [-0.15, -0.1) is 0 Å². The van der Waals surface area contributed by atoms with Crippen molar-refractivity contribution in [2.24, 2.45) is 0 Å². The zero-order valence-electron chi connectivity index (χ0n) is 11.4. The van der Waals surface area contributed by atoms with E-state index in [9.17, 15) is 10.1 Å². The van der Waals surface area contributed by atoms with E-state index in [1.165, 1.54) is 10.9 Å². The third-order valence-corrected chi connectivity index (χ3v) is 3.58. The summed E-state index contributed by atoms with van der Waals surface area (Å²) < 4.78 is 6.85. The van der Waals surface area contributed by atoms with Crippen LogP contribution in [0.4, 0.5) is 5.82 Å². The van der Waals surface area contributed by atoms with Crippen molar-refractivity contribution in [2.45, 2.75) is 13.5 Å². The van der Waals surface area contributed by atoms with Crippen LogP contribution in [-0.4, -0.2) is 24.8 Å². The van der Waals surface area contributed by atoms with E-state index >= 15 is 0 Å². The molecule has 0 bridgehead atoms. The highest BCUT2D eigenvalue weighted by atomic mass is 79.9. The van der Waals surface area contributed by atoms with Gasteiger partial charge in [0.15, 0.2) is 0 Å². The van der Waals surface area contributed by atoms with E-state index in [-0.39, 0.29) is 12.4 Å². The van der Waals surface area contributed by atoms with Gasteiger partial charge < -0.3 is 14.6 Å². The molecule has 0 radical (unpaired) electrons. The molecular formula is C13H10BrN5O3. The second-order valence-electron chi connectivity index (χ2n) is 4.58. The third-order valence-electron chi connectivity index (χ3n) is 3.02. The van der Waals surface area contributed by atoms with Gasteiger partial charge in [0.2, 0.25) is 5.82 Å². The number of hydrogen-bond acceptors (Lipinski definition) is 6. The molecule has 0 amide bonds. The van der Waals surface area contributed by atoms with Gasteiger partial charge in [-0.05, 0) is 33.3 Å². The summed E-state index contributed by atoms with van der Waals surface area (Å²) in [6, 6.07) is 7.69. The summed E-state index contributed by atoms with van der Waals surface area (Å²) in [5, 5.41) is 18.5. The summed E-state index contributed by atoms with van der Waals surface area (Å²) in [4.78, 5) is 14.5. The number of halogens is 1. The number of nitro groups is 1. The molecule has 0 aliphatic carbocycles. The molecule has 22 heavy (non-hydrogen) atoms. The quantitative estimate of drug-likeness (QED) is 0.521. The predicted octanol–water partition coefficient (Wildman–Crippen LogP) is 2.96. The summed E-state index contributed by atoms with van der Waals surface area (Å²) in [6.07, 6.45) is 1.50. The zero-order valence-corrected chi connectivity index (χ0v) is 13.0. The number of aromatic nitrogens is 4. The Hall–Kier alpha value is -2.55. The summed E-state index contributed by atoms with van der Waals surface area (Å²) in [5.41, 5.74) is 1.91. The largest absolute Gasteiger partial charge is 0.404 e. The maximum Gasteiger partial charge on any atom is 0.404 e. The number of hydrogen-bond donors (Lipinski definition) is 0. The molecule has 0 atom stereocenters. The topological polar surface area (TPSA) is 99.9 Å². The van der Waals surface area contributed by atoms with Crippen LogP contribution in [0.5, 0.6) is 0 Å². The van der Waals surface area contributed by atoms with Gasteiger partial charge >= 0.3 is 5.82 Å². The fourth-order valence-corrected chi connectivity index (χ4v) is 2.44. The van der Waals surface area contributed by atoms with E-state index in [2.05, 4.69) is 31.2 Å². The molecule has 0 spiro atoms. The fraction of sp³-hybridized carbons (Fsp3) is 0.154. The van der Waals surface area contributed by atoms with E-state index in [1.54, 1.807) is 0 Å². The van der Waals surface area contributed by atoms with E-state index < -0.39 is 4.92 Å². The number of rotatable bonds is 4. The van der Waals surface area contributed by atoms with Gasteiger partial charge in [-0.2, -0.15) is 9.67 Å². The summed E-state index contributed by atoms with van der Waals surface area (Å²) in [6.45, 7) is 2.12. The Morgan fingerprint density at radius 2 is 2.18 bits per heavy atom. The Bertz CT molecular complexity index is 842. The lowest BCUT2D eigenvalue weighted by Crippen LogP contribution is -2.01. The molecule has 0 saturated carbocycles. The first kappa shape index (κ1) is 14.4. The van der Waals surface area contributed by atoms with Crippen LogP contribution in [0.1, 0.15) is 11.5 Å². The van der Waals surface area contributed by atoms with E-state index in [1.807, 2.05) is 31.2 Å². The SMILES string of the molecule is Cc1ccccc1-c1noc(Cn2cc(Br)c([N+](=O)[O-])n2)n1. The van der Waals surface area contributed by atoms with Crippen LogP contribution in [0.3, 0.4) is 0 Å². The van der Waals surface area contributed by atoms with Gasteiger partial charge in [-0.25, -0.2) is 0 Å². The maximum absolute atomic E-state index is 10.8. The van der Waals surface area contributed by atoms with E-state index in [0.717, 1.165) is 11.1 Å². The number of aryl methyl sites for hydroxylation is 1. The van der Waals surface area contributed by atoms with Gasteiger partial charge in [0.25, 0.3) is 5.89 Å². The van der Waals surface area contributed by atoms with Crippen LogP contribution in [0.25, 0.3) is 11.4 Å². The van der Waals surface area contributed by atoms with Gasteiger partial charge in [-0.1, -0.05) is 29.4 Å². The zero-order chi connectivity index (χ0) is 15.7. The number of benzene rings is 1. The molecule has 112 valence electrons. The van der Waals surface area contributed by atoms with Crippen LogP contribution < -0.4 is 0 Å². The standard InChI is InChI=1S/C13H10BrN5O3/c1-8-4-2-3-5-9(8)12-15-11(22-17-12)7-18-6-10(14)13(16-18)19(20)21/h2-6H,7H2,1H3. The molecule has 2 heterocycles. The monoisotopic (exact) mass is 363 g/mol. The van der Waals surface area contributed by atoms with Crippen molar-refractivity contribution in [3.63, 3.8) is 0 Å². The molecule has 0 N–H and O–H groups in total. The van der Waals surface area contributed by atoms with Crippen LogP contribution >= 0.6 is 15.9 Å². The van der Waals surface area contributed by atoms with Gasteiger partial charge in [0.1, 0.15) is 11.0 Å². The highest BCUT2D eigenvalue weighted by molar-refractivity contribution is 9.10. The van der Waals surface area contributed by atoms with Crippen molar-refractivity contribution >= 4 is 21.7 Å². The maximum atomic E-state index is 10.8. The van der Waals surface area contributed by atoms with Gasteiger partial charge in [0.05, 0.1) is 11.3 Å². The molecule has 0 aliphatic rings. The summed E-state index contributed by atoms with van der Waals surface area (Å²) >= 11 is 3.09.